The number of nitrogens with zero attached hydrogens (tertiary/aromatic N) is 1. The van der Waals surface area contributed by atoms with Gasteiger partial charge in [-0.15, -0.1) is 0 Å². The van der Waals surface area contributed by atoms with Gasteiger partial charge in [0.15, 0.2) is 0 Å². The molecule has 0 amide bonds. The molecule has 0 saturated carbocycles. The molecule has 11 aromatic rings. The number of fused-ring (bicyclic) bond motifs is 16. The van der Waals surface area contributed by atoms with Crippen molar-refractivity contribution in [3.05, 3.63) is 259 Å². The lowest BCUT2D eigenvalue weighted by Crippen LogP contribution is -2.26. The number of benzene rings is 11. The predicted octanol–water partition coefficient (Wildman–Crippen LogP) is 16.3. The lowest BCUT2D eigenvalue weighted by atomic mass is 9.70. The van der Waals surface area contributed by atoms with Crippen LogP contribution in [0.25, 0.3) is 76.8 Å². The Hall–Kier alpha value is -8.00. The molecule has 0 unspecified atom stereocenters. The number of hydrogen-bond acceptors (Lipinski definition) is 1. The van der Waals surface area contributed by atoms with Crippen LogP contribution in [0.4, 0.5) is 17.1 Å². The monoisotopic (exact) mass is 785 g/mol. The molecule has 0 saturated heterocycles. The minimum atomic E-state index is -0.459. The van der Waals surface area contributed by atoms with E-state index in [4.69, 9.17) is 0 Å². The molecular weight excluding hydrogens is 747 g/mol. The molecule has 62 heavy (non-hydrogen) atoms. The first kappa shape index (κ1) is 34.8. The van der Waals surface area contributed by atoms with E-state index < -0.39 is 5.41 Å². The topological polar surface area (TPSA) is 3.24 Å². The van der Waals surface area contributed by atoms with Crippen molar-refractivity contribution in [1.29, 1.82) is 0 Å². The summed E-state index contributed by atoms with van der Waals surface area (Å²) in [7, 11) is 0. The van der Waals surface area contributed by atoms with Gasteiger partial charge in [0.25, 0.3) is 0 Å². The molecule has 0 heterocycles. The van der Waals surface area contributed by atoms with Crippen LogP contribution < -0.4 is 4.90 Å². The van der Waals surface area contributed by atoms with Crippen LogP contribution >= 0.6 is 0 Å². The van der Waals surface area contributed by atoms with Crippen molar-refractivity contribution < 1.29 is 0 Å². The lowest BCUT2D eigenvalue weighted by molar-refractivity contribution is 0.793. The highest BCUT2D eigenvalue weighted by Gasteiger charge is 2.51. The van der Waals surface area contributed by atoms with Crippen molar-refractivity contribution in [2.45, 2.75) is 5.41 Å². The molecule has 0 aromatic heterocycles. The van der Waals surface area contributed by atoms with Gasteiger partial charge in [-0.2, -0.15) is 0 Å². The molecule has 0 N–H and O–H groups in total. The van der Waals surface area contributed by atoms with Gasteiger partial charge in [0.1, 0.15) is 0 Å². The normalized spacial score (nSPS) is 13.0. The Morgan fingerprint density at radius 1 is 0.258 bits per heavy atom. The molecule has 0 bridgehead atoms. The van der Waals surface area contributed by atoms with Gasteiger partial charge in [-0.1, -0.05) is 206 Å². The fraction of sp³-hybridized carbons (Fsp3) is 0.0164. The number of rotatable bonds is 5. The van der Waals surface area contributed by atoms with Crippen molar-refractivity contribution in [2.75, 3.05) is 4.90 Å². The lowest BCUT2D eigenvalue weighted by Gasteiger charge is -2.32. The van der Waals surface area contributed by atoms with E-state index in [-0.39, 0.29) is 0 Å². The maximum atomic E-state index is 2.53. The maximum Gasteiger partial charge on any atom is 0.0726 e. The first-order chi connectivity index (χ1) is 30.8. The van der Waals surface area contributed by atoms with Crippen LogP contribution in [0.5, 0.6) is 0 Å². The number of anilines is 3. The van der Waals surface area contributed by atoms with E-state index in [1.165, 1.54) is 99.1 Å². The van der Waals surface area contributed by atoms with Gasteiger partial charge in [0, 0.05) is 16.8 Å². The van der Waals surface area contributed by atoms with Gasteiger partial charge in [0.05, 0.1) is 11.1 Å². The Bertz CT molecular complexity index is 3490. The van der Waals surface area contributed by atoms with E-state index in [9.17, 15) is 0 Å². The van der Waals surface area contributed by atoms with Crippen molar-refractivity contribution in [3.8, 4) is 44.5 Å². The van der Waals surface area contributed by atoms with E-state index in [0.717, 1.165) is 17.1 Å². The van der Waals surface area contributed by atoms with Gasteiger partial charge in [0.2, 0.25) is 0 Å². The molecule has 0 fully saturated rings. The molecule has 1 heteroatoms. The van der Waals surface area contributed by atoms with Crippen molar-refractivity contribution in [2.24, 2.45) is 0 Å². The fourth-order valence-electron chi connectivity index (χ4n) is 11.2. The molecule has 0 radical (unpaired) electrons. The number of hydrogen-bond donors (Lipinski definition) is 0. The largest absolute Gasteiger partial charge is 0.310 e. The molecule has 2 aliphatic carbocycles. The van der Waals surface area contributed by atoms with Gasteiger partial charge in [-0.3, -0.25) is 0 Å². The first-order valence-corrected chi connectivity index (χ1v) is 21.6. The highest BCUT2D eigenvalue weighted by atomic mass is 15.1. The predicted molar refractivity (Wildman–Crippen MR) is 261 cm³/mol. The van der Waals surface area contributed by atoms with Crippen LogP contribution in [0.2, 0.25) is 0 Å². The third kappa shape index (κ3) is 4.85. The van der Waals surface area contributed by atoms with Crippen molar-refractivity contribution in [1.82, 2.24) is 0 Å². The quantitative estimate of drug-likeness (QED) is 0.157. The van der Waals surface area contributed by atoms with Gasteiger partial charge >= 0.3 is 0 Å². The zero-order valence-corrected chi connectivity index (χ0v) is 34.0. The maximum absolute atomic E-state index is 2.53. The zero-order chi connectivity index (χ0) is 40.8. The minimum absolute atomic E-state index is 0.459. The smallest absolute Gasteiger partial charge is 0.0726 e. The Morgan fingerprint density at radius 2 is 0.677 bits per heavy atom. The molecule has 1 spiro atoms. The summed E-state index contributed by atoms with van der Waals surface area (Å²) in [5.74, 6) is 0. The third-order valence-corrected chi connectivity index (χ3v) is 13.7. The van der Waals surface area contributed by atoms with Crippen LogP contribution in [-0.2, 0) is 5.41 Å². The Labute approximate surface area is 361 Å². The van der Waals surface area contributed by atoms with Crippen LogP contribution in [0, 0.1) is 0 Å². The molecule has 288 valence electrons. The Balaban J connectivity index is 1.12. The van der Waals surface area contributed by atoms with Crippen molar-refractivity contribution in [3.63, 3.8) is 0 Å². The Kier molecular flexibility index (Phi) is 7.59. The molecule has 1 nitrogen and oxygen atoms in total. The van der Waals surface area contributed by atoms with Crippen LogP contribution in [0.3, 0.4) is 0 Å². The molecule has 0 aliphatic heterocycles. The van der Waals surface area contributed by atoms with Crippen LogP contribution in [0.15, 0.2) is 237 Å². The van der Waals surface area contributed by atoms with E-state index >= 15 is 0 Å². The van der Waals surface area contributed by atoms with Crippen LogP contribution in [0.1, 0.15) is 22.3 Å². The van der Waals surface area contributed by atoms with E-state index in [1.807, 2.05) is 0 Å². The van der Waals surface area contributed by atoms with Crippen molar-refractivity contribution >= 4 is 49.4 Å². The summed E-state index contributed by atoms with van der Waals surface area (Å²) in [6, 6.07) is 87.9. The fourth-order valence-corrected chi connectivity index (χ4v) is 11.2. The van der Waals surface area contributed by atoms with Gasteiger partial charge in [-0.25, -0.2) is 0 Å². The molecule has 13 rings (SSSR count). The molecule has 11 aromatic carbocycles. The average Bonchev–Trinajstić information content (AvgIpc) is 3.82. The minimum Gasteiger partial charge on any atom is -0.310 e. The summed E-state index contributed by atoms with van der Waals surface area (Å²) in [5, 5.41) is 7.53. The second-order valence-electron chi connectivity index (χ2n) is 16.7. The highest BCUT2D eigenvalue weighted by molar-refractivity contribution is 6.28. The summed E-state index contributed by atoms with van der Waals surface area (Å²) in [5.41, 5.74) is 18.3. The third-order valence-electron chi connectivity index (χ3n) is 13.7. The first-order valence-electron chi connectivity index (χ1n) is 21.6. The standard InChI is InChI=1S/C61H39N/c1-2-18-40(19-3-1)44-22-4-5-23-45(44)41-20-16-21-42(38-41)62(59-35-17-31-54-48-25-7-6-24-46(48)47-26-8-9-30-53(47)60(54)59)43-36-37-52-51-29-12-15-34-57(51)61(58(52)39-43)55-32-13-10-27-49(55)50-28-11-14-33-56(50)61/h1-39H. The summed E-state index contributed by atoms with van der Waals surface area (Å²) >= 11 is 0. The SMILES string of the molecule is c1ccc(-c2ccccc2-c2cccc(N(c3ccc4c(c3)C3(c5ccccc5-c5ccccc53)c3ccccc3-4)c3cccc4c5ccccc5c5ccccc5c34)c2)cc1. The van der Waals surface area contributed by atoms with Crippen LogP contribution in [-0.4, -0.2) is 0 Å². The second-order valence-corrected chi connectivity index (χ2v) is 16.7. The van der Waals surface area contributed by atoms with E-state index in [2.05, 4.69) is 241 Å². The Morgan fingerprint density at radius 3 is 1.29 bits per heavy atom. The van der Waals surface area contributed by atoms with Gasteiger partial charge in [-0.05, 0) is 124 Å². The molecule has 2 aliphatic rings. The summed E-state index contributed by atoms with van der Waals surface area (Å²) in [6.07, 6.45) is 0. The molecule has 0 atom stereocenters. The summed E-state index contributed by atoms with van der Waals surface area (Å²) in [4.78, 5) is 2.53. The summed E-state index contributed by atoms with van der Waals surface area (Å²) in [6.45, 7) is 0. The highest BCUT2D eigenvalue weighted by Crippen LogP contribution is 2.63. The second kappa shape index (κ2) is 13.5. The van der Waals surface area contributed by atoms with Gasteiger partial charge < -0.3 is 4.90 Å². The van der Waals surface area contributed by atoms with E-state index in [1.54, 1.807) is 0 Å². The average molecular weight is 786 g/mol. The summed E-state index contributed by atoms with van der Waals surface area (Å²) < 4.78 is 0. The zero-order valence-electron chi connectivity index (χ0n) is 34.0. The van der Waals surface area contributed by atoms with E-state index in [0.29, 0.717) is 0 Å². The molecular formula is C61H39N.